The molecule has 0 spiro atoms. The fourth-order valence-electron chi connectivity index (χ4n) is 1.17. The van der Waals surface area contributed by atoms with Gasteiger partial charge in [-0.05, 0) is 37.2 Å². The van der Waals surface area contributed by atoms with Crippen molar-refractivity contribution < 1.29 is 0 Å². The van der Waals surface area contributed by atoms with E-state index < -0.39 is 0 Å². The molecule has 0 aromatic heterocycles. The normalized spacial score (nSPS) is 16.4. The first-order chi connectivity index (χ1) is 5.22. The highest BCUT2D eigenvalue weighted by Crippen LogP contribution is 2.12. The number of nitrogens with two attached hydrogens (primary N) is 1. The lowest BCUT2D eigenvalue weighted by Gasteiger charge is -2.17. The van der Waals surface area contributed by atoms with Crippen molar-refractivity contribution in [3.8, 4) is 0 Å². The van der Waals surface area contributed by atoms with Crippen LogP contribution in [-0.2, 0) is 0 Å². The average Bonchev–Trinajstić information content (AvgIpc) is 2.03. The Morgan fingerprint density at radius 1 is 1.45 bits per heavy atom. The van der Waals surface area contributed by atoms with Gasteiger partial charge in [0.2, 0.25) is 0 Å². The summed E-state index contributed by atoms with van der Waals surface area (Å²) in [7, 11) is 0. The third kappa shape index (κ3) is 5.57. The maximum Gasteiger partial charge on any atom is 0.00619 e. The van der Waals surface area contributed by atoms with E-state index >= 15 is 0 Å². The van der Waals surface area contributed by atoms with Gasteiger partial charge in [0.05, 0.1) is 0 Å². The van der Waals surface area contributed by atoms with Crippen LogP contribution in [0.3, 0.4) is 0 Å². The summed E-state index contributed by atoms with van der Waals surface area (Å²) in [4.78, 5) is 0. The van der Waals surface area contributed by atoms with E-state index in [1.807, 2.05) is 11.8 Å². The van der Waals surface area contributed by atoms with E-state index in [9.17, 15) is 0 Å². The summed E-state index contributed by atoms with van der Waals surface area (Å²) in [5.41, 5.74) is 5.89. The maximum absolute atomic E-state index is 5.89. The van der Waals surface area contributed by atoms with Crippen LogP contribution >= 0.6 is 11.8 Å². The van der Waals surface area contributed by atoms with E-state index in [1.165, 1.54) is 18.6 Å². The lowest BCUT2D eigenvalue weighted by atomic mass is 9.96. The Balaban J connectivity index is 3.28. The first kappa shape index (κ1) is 11.3. The van der Waals surface area contributed by atoms with E-state index in [0.29, 0.717) is 12.0 Å². The molecule has 0 radical (unpaired) electrons. The highest BCUT2D eigenvalue weighted by molar-refractivity contribution is 7.98. The molecule has 2 unspecified atom stereocenters. The molecular formula is C9H21NS. The first-order valence-corrected chi connectivity index (χ1v) is 5.86. The average molecular weight is 175 g/mol. The van der Waals surface area contributed by atoms with Crippen LogP contribution in [0.1, 0.15) is 33.1 Å². The minimum absolute atomic E-state index is 0.414. The Bertz CT molecular complexity index is 85.6. The molecule has 0 saturated heterocycles. The van der Waals surface area contributed by atoms with Crippen molar-refractivity contribution in [2.75, 3.05) is 12.0 Å². The van der Waals surface area contributed by atoms with E-state index in [2.05, 4.69) is 20.1 Å². The first-order valence-electron chi connectivity index (χ1n) is 4.46. The van der Waals surface area contributed by atoms with Gasteiger partial charge in [0.15, 0.2) is 0 Å². The van der Waals surface area contributed by atoms with Crippen molar-refractivity contribution in [1.29, 1.82) is 0 Å². The summed E-state index contributed by atoms with van der Waals surface area (Å²) in [6.07, 6.45) is 5.87. The van der Waals surface area contributed by atoms with Crippen molar-refractivity contribution in [2.45, 2.75) is 39.2 Å². The summed E-state index contributed by atoms with van der Waals surface area (Å²) in [5.74, 6) is 1.98. The van der Waals surface area contributed by atoms with Gasteiger partial charge in [0.25, 0.3) is 0 Å². The summed E-state index contributed by atoms with van der Waals surface area (Å²) in [6, 6.07) is 0.414. The molecule has 0 aromatic carbocycles. The third-order valence-electron chi connectivity index (χ3n) is 2.21. The highest BCUT2D eigenvalue weighted by Gasteiger charge is 2.08. The molecule has 0 fully saturated rings. The van der Waals surface area contributed by atoms with E-state index in [1.54, 1.807) is 0 Å². The molecule has 0 amide bonds. The molecule has 1 nitrogen and oxygen atoms in total. The number of hydrogen-bond donors (Lipinski definition) is 1. The predicted octanol–water partition coefficient (Wildman–Crippen LogP) is 2.50. The van der Waals surface area contributed by atoms with Crippen LogP contribution in [0, 0.1) is 5.92 Å². The van der Waals surface area contributed by atoms with Crippen molar-refractivity contribution in [3.63, 3.8) is 0 Å². The SMILES string of the molecule is CCC(N)C(C)CCCSC. The molecule has 0 bridgehead atoms. The molecule has 11 heavy (non-hydrogen) atoms. The van der Waals surface area contributed by atoms with Gasteiger partial charge >= 0.3 is 0 Å². The lowest BCUT2D eigenvalue weighted by Crippen LogP contribution is -2.27. The predicted molar refractivity (Wildman–Crippen MR) is 55.0 cm³/mol. The van der Waals surface area contributed by atoms with Gasteiger partial charge < -0.3 is 5.73 Å². The fraction of sp³-hybridized carbons (Fsp3) is 1.00. The number of rotatable bonds is 6. The van der Waals surface area contributed by atoms with Crippen LogP contribution in [0.2, 0.25) is 0 Å². The largest absolute Gasteiger partial charge is 0.327 e. The van der Waals surface area contributed by atoms with Crippen LogP contribution in [0.4, 0.5) is 0 Å². The molecule has 0 rings (SSSR count). The summed E-state index contributed by atoms with van der Waals surface area (Å²) in [6.45, 7) is 4.42. The minimum atomic E-state index is 0.414. The number of thioether (sulfide) groups is 1. The van der Waals surface area contributed by atoms with Crippen molar-refractivity contribution in [2.24, 2.45) is 11.7 Å². The second kappa shape index (κ2) is 6.99. The summed E-state index contributed by atoms with van der Waals surface area (Å²) < 4.78 is 0. The standard InChI is InChI=1S/C9H21NS/c1-4-9(10)8(2)6-5-7-11-3/h8-9H,4-7,10H2,1-3H3. The van der Waals surface area contributed by atoms with Gasteiger partial charge in [-0.1, -0.05) is 13.8 Å². The molecule has 2 heteroatoms. The van der Waals surface area contributed by atoms with Crippen molar-refractivity contribution in [1.82, 2.24) is 0 Å². The van der Waals surface area contributed by atoms with Gasteiger partial charge in [-0.3, -0.25) is 0 Å². The molecule has 2 atom stereocenters. The van der Waals surface area contributed by atoms with E-state index in [4.69, 9.17) is 5.73 Å². The van der Waals surface area contributed by atoms with Gasteiger partial charge in [-0.15, -0.1) is 0 Å². The Hall–Kier alpha value is 0.310. The van der Waals surface area contributed by atoms with Crippen molar-refractivity contribution >= 4 is 11.8 Å². The molecule has 0 aromatic rings. The highest BCUT2D eigenvalue weighted by atomic mass is 32.2. The molecule has 0 heterocycles. The second-order valence-corrected chi connectivity index (χ2v) is 4.17. The van der Waals surface area contributed by atoms with E-state index in [-0.39, 0.29) is 0 Å². The summed E-state index contributed by atoms with van der Waals surface area (Å²) >= 11 is 1.92. The maximum atomic E-state index is 5.89. The number of hydrogen-bond acceptors (Lipinski definition) is 2. The van der Waals surface area contributed by atoms with Crippen LogP contribution in [0.15, 0.2) is 0 Å². The van der Waals surface area contributed by atoms with Crippen LogP contribution in [0.5, 0.6) is 0 Å². The Kier molecular flexibility index (Phi) is 7.18. The topological polar surface area (TPSA) is 26.0 Å². The zero-order valence-electron chi connectivity index (χ0n) is 7.97. The quantitative estimate of drug-likeness (QED) is 0.628. The molecule has 0 aliphatic rings. The minimum Gasteiger partial charge on any atom is -0.327 e. The Morgan fingerprint density at radius 2 is 2.09 bits per heavy atom. The Labute approximate surface area is 75.1 Å². The zero-order valence-corrected chi connectivity index (χ0v) is 8.79. The molecular weight excluding hydrogens is 154 g/mol. The van der Waals surface area contributed by atoms with Gasteiger partial charge in [0.1, 0.15) is 0 Å². The second-order valence-electron chi connectivity index (χ2n) is 3.18. The monoisotopic (exact) mass is 175 g/mol. The Morgan fingerprint density at radius 3 is 2.55 bits per heavy atom. The lowest BCUT2D eigenvalue weighted by molar-refractivity contribution is 0.414. The van der Waals surface area contributed by atoms with Gasteiger partial charge in [-0.25, -0.2) is 0 Å². The fourth-order valence-corrected chi connectivity index (χ4v) is 1.62. The summed E-state index contributed by atoms with van der Waals surface area (Å²) in [5, 5.41) is 0. The molecule has 2 N–H and O–H groups in total. The van der Waals surface area contributed by atoms with Gasteiger partial charge in [-0.2, -0.15) is 11.8 Å². The zero-order chi connectivity index (χ0) is 8.69. The van der Waals surface area contributed by atoms with Crippen molar-refractivity contribution in [3.05, 3.63) is 0 Å². The molecule has 68 valence electrons. The van der Waals surface area contributed by atoms with Crippen LogP contribution in [-0.4, -0.2) is 18.1 Å². The van der Waals surface area contributed by atoms with Crippen LogP contribution in [0.25, 0.3) is 0 Å². The molecule has 0 saturated carbocycles. The molecule has 0 aliphatic carbocycles. The smallest absolute Gasteiger partial charge is 0.00619 e. The van der Waals surface area contributed by atoms with E-state index in [0.717, 1.165) is 6.42 Å². The third-order valence-corrected chi connectivity index (χ3v) is 2.91. The van der Waals surface area contributed by atoms with Crippen LogP contribution < -0.4 is 5.73 Å². The van der Waals surface area contributed by atoms with Gasteiger partial charge in [0, 0.05) is 6.04 Å². The molecule has 0 aliphatic heterocycles.